The van der Waals surface area contributed by atoms with Crippen molar-refractivity contribution in [2.75, 3.05) is 31.5 Å². The van der Waals surface area contributed by atoms with Crippen LogP contribution in [0.4, 0.5) is 5.69 Å². The molecule has 0 aromatic heterocycles. The Balaban J connectivity index is 1.87. The molecular formula is C15H22ClN3O. The molecule has 0 aliphatic carbocycles. The number of carbonyl (C=O) groups is 1. The zero-order valence-corrected chi connectivity index (χ0v) is 12.6. The number of nitrogens with two attached hydrogens (primary N) is 1. The van der Waals surface area contributed by atoms with Gasteiger partial charge in [-0.25, -0.2) is 0 Å². The molecule has 20 heavy (non-hydrogen) atoms. The average Bonchev–Trinajstić information content (AvgIpc) is 2.43. The average molecular weight is 296 g/mol. The Labute approximate surface area is 125 Å². The molecule has 0 radical (unpaired) electrons. The maximum atomic E-state index is 12.0. The third-order valence-electron chi connectivity index (χ3n) is 3.76. The second-order valence-corrected chi connectivity index (χ2v) is 5.90. The first-order valence-electron chi connectivity index (χ1n) is 7.07. The molecule has 1 saturated heterocycles. The summed E-state index contributed by atoms with van der Waals surface area (Å²) in [6, 6.07) is 5.56. The normalized spacial score (nSPS) is 19.9. The fourth-order valence-electron chi connectivity index (χ4n) is 2.56. The highest BCUT2D eigenvalue weighted by Crippen LogP contribution is 2.20. The van der Waals surface area contributed by atoms with E-state index in [4.69, 9.17) is 17.3 Å². The van der Waals surface area contributed by atoms with Gasteiger partial charge in [-0.1, -0.05) is 17.7 Å². The number of amides is 1. The maximum absolute atomic E-state index is 12.0. The van der Waals surface area contributed by atoms with Gasteiger partial charge in [0, 0.05) is 17.3 Å². The van der Waals surface area contributed by atoms with Crippen LogP contribution in [0.1, 0.15) is 18.4 Å². The van der Waals surface area contributed by atoms with Crippen molar-refractivity contribution < 1.29 is 4.79 Å². The van der Waals surface area contributed by atoms with Crippen molar-refractivity contribution in [3.8, 4) is 0 Å². The Hall–Kier alpha value is -1.10. The summed E-state index contributed by atoms with van der Waals surface area (Å²) in [6.07, 6.45) is 2.29. The van der Waals surface area contributed by atoms with Crippen molar-refractivity contribution in [3.05, 3.63) is 28.8 Å². The molecule has 1 aromatic carbocycles. The number of halogens is 1. The topological polar surface area (TPSA) is 58.4 Å². The van der Waals surface area contributed by atoms with Crippen molar-refractivity contribution in [2.24, 2.45) is 11.7 Å². The van der Waals surface area contributed by atoms with E-state index in [1.807, 2.05) is 19.1 Å². The molecule has 3 N–H and O–H groups in total. The van der Waals surface area contributed by atoms with Gasteiger partial charge in [0.15, 0.2) is 0 Å². The van der Waals surface area contributed by atoms with E-state index in [2.05, 4.69) is 10.2 Å². The lowest BCUT2D eigenvalue weighted by molar-refractivity contribution is -0.117. The molecule has 4 nitrogen and oxygen atoms in total. The second kappa shape index (κ2) is 7.07. The van der Waals surface area contributed by atoms with E-state index in [0.717, 1.165) is 30.8 Å². The second-order valence-electron chi connectivity index (χ2n) is 5.49. The molecule has 2 rings (SSSR count). The third kappa shape index (κ3) is 4.20. The molecule has 5 heteroatoms. The van der Waals surface area contributed by atoms with Gasteiger partial charge in [-0.3, -0.25) is 9.69 Å². The lowest BCUT2D eigenvalue weighted by Gasteiger charge is -2.31. The van der Waals surface area contributed by atoms with Gasteiger partial charge in [0.2, 0.25) is 5.91 Å². The third-order valence-corrected chi connectivity index (χ3v) is 4.17. The predicted molar refractivity (Wildman–Crippen MR) is 83.0 cm³/mol. The maximum Gasteiger partial charge on any atom is 0.238 e. The highest BCUT2D eigenvalue weighted by atomic mass is 35.5. The summed E-state index contributed by atoms with van der Waals surface area (Å²) in [5.41, 5.74) is 7.46. The van der Waals surface area contributed by atoms with Gasteiger partial charge in [0.1, 0.15) is 0 Å². The minimum atomic E-state index is 0.00240. The summed E-state index contributed by atoms with van der Waals surface area (Å²) >= 11 is 6.05. The smallest absolute Gasteiger partial charge is 0.238 e. The number of nitrogens with one attached hydrogen (secondary N) is 1. The molecule has 1 aliphatic rings. The number of piperidine rings is 1. The van der Waals surface area contributed by atoms with Gasteiger partial charge in [-0.2, -0.15) is 0 Å². The number of hydrogen-bond donors (Lipinski definition) is 2. The molecular weight excluding hydrogens is 274 g/mol. The number of rotatable bonds is 4. The number of carbonyl (C=O) groups excluding carboxylic acids is 1. The van der Waals surface area contributed by atoms with Gasteiger partial charge in [-0.05, 0) is 56.5 Å². The van der Waals surface area contributed by atoms with Gasteiger partial charge in [0.25, 0.3) is 0 Å². The highest BCUT2D eigenvalue weighted by Gasteiger charge is 2.20. The monoisotopic (exact) mass is 295 g/mol. The zero-order valence-electron chi connectivity index (χ0n) is 11.9. The number of anilines is 1. The molecule has 1 heterocycles. The minimum Gasteiger partial charge on any atom is -0.330 e. The van der Waals surface area contributed by atoms with Crippen LogP contribution >= 0.6 is 11.6 Å². The predicted octanol–water partition coefficient (Wildman–Crippen LogP) is 2.26. The Morgan fingerprint density at radius 3 is 3.05 bits per heavy atom. The van der Waals surface area contributed by atoms with E-state index in [-0.39, 0.29) is 5.91 Å². The van der Waals surface area contributed by atoms with Crippen LogP contribution in [-0.4, -0.2) is 37.0 Å². The molecule has 0 spiro atoms. The van der Waals surface area contributed by atoms with Crippen LogP contribution in [0.2, 0.25) is 5.02 Å². The standard InChI is InChI=1S/C15H22ClN3O/c1-11-4-5-13(7-14(11)16)18-15(20)10-19-6-2-3-12(8-17)9-19/h4-5,7,12H,2-3,6,8-10,17H2,1H3,(H,18,20). The fourth-order valence-corrected chi connectivity index (χ4v) is 2.74. The van der Waals surface area contributed by atoms with Crippen LogP contribution in [0.5, 0.6) is 0 Å². The largest absolute Gasteiger partial charge is 0.330 e. The number of hydrogen-bond acceptors (Lipinski definition) is 3. The highest BCUT2D eigenvalue weighted by molar-refractivity contribution is 6.31. The molecule has 0 bridgehead atoms. The number of nitrogens with zero attached hydrogens (tertiary/aromatic N) is 1. The number of likely N-dealkylation sites (tertiary alicyclic amines) is 1. The van der Waals surface area contributed by atoms with Crippen LogP contribution in [0.15, 0.2) is 18.2 Å². The van der Waals surface area contributed by atoms with E-state index in [1.54, 1.807) is 6.07 Å². The number of benzene rings is 1. The van der Waals surface area contributed by atoms with Crippen LogP contribution in [0.3, 0.4) is 0 Å². The first-order chi connectivity index (χ1) is 9.58. The van der Waals surface area contributed by atoms with Gasteiger partial charge in [-0.15, -0.1) is 0 Å². The van der Waals surface area contributed by atoms with Crippen LogP contribution < -0.4 is 11.1 Å². The lowest BCUT2D eigenvalue weighted by atomic mass is 9.98. The van der Waals surface area contributed by atoms with Crippen LogP contribution in [0.25, 0.3) is 0 Å². The zero-order chi connectivity index (χ0) is 14.5. The van der Waals surface area contributed by atoms with E-state index in [0.29, 0.717) is 24.0 Å². The SMILES string of the molecule is Cc1ccc(NC(=O)CN2CCCC(CN)C2)cc1Cl. The molecule has 1 atom stereocenters. The Morgan fingerprint density at radius 2 is 2.35 bits per heavy atom. The van der Waals surface area contributed by atoms with Crippen LogP contribution in [0, 0.1) is 12.8 Å². The summed E-state index contributed by atoms with van der Waals surface area (Å²) in [4.78, 5) is 14.2. The molecule has 1 aromatic rings. The summed E-state index contributed by atoms with van der Waals surface area (Å²) < 4.78 is 0. The first kappa shape index (κ1) is 15.3. The summed E-state index contributed by atoms with van der Waals surface area (Å²) in [5.74, 6) is 0.521. The van der Waals surface area contributed by atoms with Crippen molar-refractivity contribution in [1.29, 1.82) is 0 Å². The molecule has 1 unspecified atom stereocenters. The molecule has 110 valence electrons. The Kier molecular flexibility index (Phi) is 5.40. The summed E-state index contributed by atoms with van der Waals surface area (Å²) in [6.45, 7) is 4.94. The molecule has 1 aliphatic heterocycles. The van der Waals surface area contributed by atoms with Crippen LogP contribution in [-0.2, 0) is 4.79 Å². The molecule has 1 amide bonds. The Morgan fingerprint density at radius 1 is 1.55 bits per heavy atom. The van der Waals surface area contributed by atoms with Gasteiger partial charge < -0.3 is 11.1 Å². The first-order valence-corrected chi connectivity index (χ1v) is 7.44. The van der Waals surface area contributed by atoms with Crippen molar-refractivity contribution in [2.45, 2.75) is 19.8 Å². The van der Waals surface area contributed by atoms with Gasteiger partial charge in [0.05, 0.1) is 6.54 Å². The van der Waals surface area contributed by atoms with Gasteiger partial charge >= 0.3 is 0 Å². The van der Waals surface area contributed by atoms with Crippen molar-refractivity contribution in [1.82, 2.24) is 4.90 Å². The minimum absolute atomic E-state index is 0.00240. The quantitative estimate of drug-likeness (QED) is 0.896. The molecule has 0 saturated carbocycles. The Bertz CT molecular complexity index is 478. The summed E-state index contributed by atoms with van der Waals surface area (Å²) in [5, 5.41) is 3.56. The number of aryl methyl sites for hydroxylation is 1. The lowest BCUT2D eigenvalue weighted by Crippen LogP contribution is -2.42. The van der Waals surface area contributed by atoms with Crippen molar-refractivity contribution >= 4 is 23.2 Å². The van der Waals surface area contributed by atoms with E-state index < -0.39 is 0 Å². The molecule has 1 fully saturated rings. The van der Waals surface area contributed by atoms with E-state index in [9.17, 15) is 4.79 Å². The van der Waals surface area contributed by atoms with E-state index in [1.165, 1.54) is 6.42 Å². The van der Waals surface area contributed by atoms with Crippen molar-refractivity contribution in [3.63, 3.8) is 0 Å². The fraction of sp³-hybridized carbons (Fsp3) is 0.533. The summed E-state index contributed by atoms with van der Waals surface area (Å²) in [7, 11) is 0. The van der Waals surface area contributed by atoms with E-state index >= 15 is 0 Å².